The lowest BCUT2D eigenvalue weighted by Gasteiger charge is -2.30. The molecule has 2 rings (SSSR count). The number of anilines is 1. The maximum atomic E-state index is 13.4. The second-order valence-corrected chi connectivity index (χ2v) is 8.49. The molecule has 0 unspecified atom stereocenters. The Morgan fingerprint density at radius 1 is 1.31 bits per heavy atom. The minimum Gasteiger partial charge on any atom is -0.492 e. The van der Waals surface area contributed by atoms with Gasteiger partial charge in [-0.3, -0.25) is 4.79 Å². The summed E-state index contributed by atoms with van der Waals surface area (Å²) < 4.78 is 44.7. The number of ether oxygens (including phenoxy) is 1. The van der Waals surface area contributed by atoms with E-state index in [1.54, 1.807) is 6.92 Å². The standard InChI is InChI=1S/C18H27FN2O4S/c1-3-5-12-26(23,24)21-10-8-14(9-11-21)18(22)20-16-7-6-15(19)13-17(16)25-4-2/h6-7,13-14H,3-5,8-12H2,1-2H3,(H,20,22). The van der Waals surface area contributed by atoms with Gasteiger partial charge in [-0.05, 0) is 38.3 Å². The number of carbonyl (C=O) groups is 1. The molecule has 1 heterocycles. The molecule has 0 radical (unpaired) electrons. The summed E-state index contributed by atoms with van der Waals surface area (Å²) in [6, 6.07) is 3.98. The number of hydrogen-bond donors (Lipinski definition) is 1. The Morgan fingerprint density at radius 3 is 2.62 bits per heavy atom. The average molecular weight is 386 g/mol. The summed E-state index contributed by atoms with van der Waals surface area (Å²) in [5, 5.41) is 2.78. The lowest BCUT2D eigenvalue weighted by atomic mass is 9.97. The minimum atomic E-state index is -3.23. The SMILES string of the molecule is CCCCS(=O)(=O)N1CCC(C(=O)Nc2ccc(F)cc2OCC)CC1. The predicted octanol–water partition coefficient (Wildman–Crippen LogP) is 3.00. The van der Waals surface area contributed by atoms with Gasteiger partial charge in [0.15, 0.2) is 0 Å². The molecule has 1 aliphatic heterocycles. The molecule has 1 fully saturated rings. The molecule has 1 saturated heterocycles. The van der Waals surface area contributed by atoms with Crippen LogP contribution < -0.4 is 10.1 Å². The number of carbonyl (C=O) groups excluding carboxylic acids is 1. The third-order valence-electron chi connectivity index (χ3n) is 4.48. The van der Waals surface area contributed by atoms with Crippen molar-refractivity contribution in [1.29, 1.82) is 0 Å². The number of benzene rings is 1. The van der Waals surface area contributed by atoms with Gasteiger partial charge in [0, 0.05) is 25.1 Å². The molecule has 1 aromatic carbocycles. The highest BCUT2D eigenvalue weighted by molar-refractivity contribution is 7.89. The van der Waals surface area contributed by atoms with Crippen molar-refractivity contribution in [3.8, 4) is 5.75 Å². The number of nitrogens with one attached hydrogen (secondary N) is 1. The number of unbranched alkanes of at least 4 members (excludes halogenated alkanes) is 1. The summed E-state index contributed by atoms with van der Waals surface area (Å²) in [5.41, 5.74) is 0.427. The van der Waals surface area contributed by atoms with Crippen molar-refractivity contribution in [3.63, 3.8) is 0 Å². The van der Waals surface area contributed by atoms with Crippen LogP contribution in [0.25, 0.3) is 0 Å². The third kappa shape index (κ3) is 5.41. The first-order valence-electron chi connectivity index (χ1n) is 9.08. The average Bonchev–Trinajstić information content (AvgIpc) is 2.62. The van der Waals surface area contributed by atoms with Crippen molar-refractivity contribution in [3.05, 3.63) is 24.0 Å². The zero-order valence-electron chi connectivity index (χ0n) is 15.3. The summed E-state index contributed by atoms with van der Waals surface area (Å²) >= 11 is 0. The van der Waals surface area contributed by atoms with E-state index in [0.717, 1.165) is 6.42 Å². The number of amides is 1. The fourth-order valence-electron chi connectivity index (χ4n) is 2.96. The molecule has 1 aromatic rings. The molecule has 0 spiro atoms. The third-order valence-corrected chi connectivity index (χ3v) is 6.43. The number of piperidine rings is 1. The molecule has 1 N–H and O–H groups in total. The highest BCUT2D eigenvalue weighted by Gasteiger charge is 2.31. The highest BCUT2D eigenvalue weighted by atomic mass is 32.2. The van der Waals surface area contributed by atoms with Gasteiger partial charge in [0.25, 0.3) is 0 Å². The van der Waals surface area contributed by atoms with Gasteiger partial charge in [0.05, 0.1) is 18.0 Å². The van der Waals surface area contributed by atoms with Gasteiger partial charge in [-0.15, -0.1) is 0 Å². The van der Waals surface area contributed by atoms with Crippen LogP contribution in [0, 0.1) is 11.7 Å². The molecule has 0 saturated carbocycles. The van der Waals surface area contributed by atoms with Crippen LogP contribution in [0.2, 0.25) is 0 Å². The maximum absolute atomic E-state index is 13.4. The van der Waals surface area contributed by atoms with E-state index in [4.69, 9.17) is 4.74 Å². The largest absolute Gasteiger partial charge is 0.492 e. The van der Waals surface area contributed by atoms with Gasteiger partial charge < -0.3 is 10.1 Å². The Labute approximate surface area is 154 Å². The molecule has 0 bridgehead atoms. The Kier molecular flexibility index (Phi) is 7.40. The van der Waals surface area contributed by atoms with E-state index >= 15 is 0 Å². The van der Waals surface area contributed by atoms with E-state index in [1.165, 1.54) is 22.5 Å². The molecule has 6 nitrogen and oxygen atoms in total. The Balaban J connectivity index is 1.95. The Morgan fingerprint density at radius 2 is 2.00 bits per heavy atom. The number of sulfonamides is 1. The number of rotatable bonds is 8. The van der Waals surface area contributed by atoms with Gasteiger partial charge in [-0.25, -0.2) is 17.1 Å². The minimum absolute atomic E-state index is 0.160. The highest BCUT2D eigenvalue weighted by Crippen LogP contribution is 2.28. The van der Waals surface area contributed by atoms with Crippen molar-refractivity contribution >= 4 is 21.6 Å². The molecule has 26 heavy (non-hydrogen) atoms. The zero-order valence-corrected chi connectivity index (χ0v) is 16.1. The van der Waals surface area contributed by atoms with Crippen molar-refractivity contribution in [2.75, 3.05) is 30.8 Å². The van der Waals surface area contributed by atoms with E-state index in [0.29, 0.717) is 50.4 Å². The second-order valence-electron chi connectivity index (χ2n) is 6.41. The molecule has 0 atom stereocenters. The van der Waals surface area contributed by atoms with E-state index in [2.05, 4.69) is 5.32 Å². The topological polar surface area (TPSA) is 75.7 Å². The normalized spacial score (nSPS) is 16.4. The van der Waals surface area contributed by atoms with Crippen molar-refractivity contribution < 1.29 is 22.3 Å². The first kappa shape index (κ1) is 20.6. The lowest BCUT2D eigenvalue weighted by molar-refractivity contribution is -0.120. The van der Waals surface area contributed by atoms with E-state index < -0.39 is 15.8 Å². The monoisotopic (exact) mass is 386 g/mol. The first-order valence-corrected chi connectivity index (χ1v) is 10.7. The number of nitrogens with zero attached hydrogens (tertiary/aromatic N) is 1. The van der Waals surface area contributed by atoms with Gasteiger partial charge in [-0.2, -0.15) is 0 Å². The van der Waals surface area contributed by atoms with Crippen LogP contribution in [-0.2, 0) is 14.8 Å². The van der Waals surface area contributed by atoms with Crippen LogP contribution in [0.5, 0.6) is 5.75 Å². The maximum Gasteiger partial charge on any atom is 0.227 e. The molecule has 8 heteroatoms. The van der Waals surface area contributed by atoms with Crippen LogP contribution in [-0.4, -0.2) is 44.1 Å². The van der Waals surface area contributed by atoms with E-state index in [-0.39, 0.29) is 17.6 Å². The predicted molar refractivity (Wildman–Crippen MR) is 99.2 cm³/mol. The van der Waals surface area contributed by atoms with Crippen LogP contribution in [0.15, 0.2) is 18.2 Å². The van der Waals surface area contributed by atoms with Gasteiger partial charge in [-0.1, -0.05) is 13.3 Å². The summed E-state index contributed by atoms with van der Waals surface area (Å²) in [5.74, 6) is -0.444. The Hall–Kier alpha value is -1.67. The second kappa shape index (κ2) is 9.32. The molecule has 146 valence electrons. The van der Waals surface area contributed by atoms with Gasteiger partial charge in [0.1, 0.15) is 11.6 Å². The van der Waals surface area contributed by atoms with Crippen molar-refractivity contribution in [2.24, 2.45) is 5.92 Å². The van der Waals surface area contributed by atoms with Crippen LogP contribution >= 0.6 is 0 Å². The molecule has 1 aliphatic rings. The molecular weight excluding hydrogens is 359 g/mol. The van der Waals surface area contributed by atoms with Gasteiger partial charge in [0.2, 0.25) is 15.9 Å². The molecule has 1 amide bonds. The van der Waals surface area contributed by atoms with Crippen molar-refractivity contribution in [2.45, 2.75) is 39.5 Å². The van der Waals surface area contributed by atoms with Crippen LogP contribution in [0.4, 0.5) is 10.1 Å². The molecular formula is C18H27FN2O4S. The van der Waals surface area contributed by atoms with Crippen LogP contribution in [0.3, 0.4) is 0 Å². The summed E-state index contributed by atoms with van der Waals surface area (Å²) in [6.07, 6.45) is 2.43. The molecule has 0 aliphatic carbocycles. The van der Waals surface area contributed by atoms with Gasteiger partial charge >= 0.3 is 0 Å². The fraction of sp³-hybridized carbons (Fsp3) is 0.611. The van der Waals surface area contributed by atoms with E-state index in [9.17, 15) is 17.6 Å². The first-order chi connectivity index (χ1) is 12.4. The van der Waals surface area contributed by atoms with Crippen LogP contribution in [0.1, 0.15) is 39.5 Å². The smallest absolute Gasteiger partial charge is 0.227 e. The van der Waals surface area contributed by atoms with E-state index in [1.807, 2.05) is 6.92 Å². The molecule has 0 aromatic heterocycles. The number of halogens is 1. The summed E-state index contributed by atoms with van der Waals surface area (Å²) in [7, 11) is -3.23. The Bertz CT molecular complexity index is 716. The number of hydrogen-bond acceptors (Lipinski definition) is 4. The summed E-state index contributed by atoms with van der Waals surface area (Å²) in [6.45, 7) is 4.81. The summed E-state index contributed by atoms with van der Waals surface area (Å²) in [4.78, 5) is 12.5. The quantitative estimate of drug-likeness (QED) is 0.745. The lowest BCUT2D eigenvalue weighted by Crippen LogP contribution is -2.42. The fourth-order valence-corrected chi connectivity index (χ4v) is 4.64. The zero-order chi connectivity index (χ0) is 19.2. The van der Waals surface area contributed by atoms with Crippen molar-refractivity contribution in [1.82, 2.24) is 4.31 Å².